The van der Waals surface area contributed by atoms with E-state index < -0.39 is 5.60 Å². The normalized spacial score (nSPS) is 30.6. The lowest BCUT2D eigenvalue weighted by atomic mass is 9.72. The number of rotatable bonds is 2. The van der Waals surface area contributed by atoms with Crippen molar-refractivity contribution < 1.29 is 5.11 Å². The minimum atomic E-state index is -0.697. The van der Waals surface area contributed by atoms with Crippen LogP contribution < -0.4 is 0 Å². The minimum Gasteiger partial charge on any atom is -0.383 e. The first kappa shape index (κ1) is 12.1. The quantitative estimate of drug-likeness (QED) is 0.908. The maximum Gasteiger partial charge on any atom is 0.110 e. The summed E-state index contributed by atoms with van der Waals surface area (Å²) < 4.78 is 2.73. The van der Waals surface area contributed by atoms with Crippen molar-refractivity contribution in [2.24, 2.45) is 13.0 Å². The molecule has 0 spiro atoms. The van der Waals surface area contributed by atoms with E-state index >= 15 is 0 Å². The largest absolute Gasteiger partial charge is 0.383 e. The van der Waals surface area contributed by atoms with Crippen LogP contribution in [0.3, 0.4) is 0 Å². The monoisotopic (exact) mass is 286 g/mol. The fourth-order valence-corrected chi connectivity index (χ4v) is 3.67. The van der Waals surface area contributed by atoms with Gasteiger partial charge in [0, 0.05) is 7.05 Å². The molecule has 90 valence electrons. The number of aliphatic hydroxyl groups is 1. The van der Waals surface area contributed by atoms with Gasteiger partial charge in [-0.2, -0.15) is 5.10 Å². The van der Waals surface area contributed by atoms with Gasteiger partial charge in [-0.05, 0) is 34.7 Å². The van der Waals surface area contributed by atoms with Gasteiger partial charge in [0.2, 0.25) is 0 Å². The van der Waals surface area contributed by atoms with Gasteiger partial charge in [-0.3, -0.25) is 4.68 Å². The minimum absolute atomic E-state index is 0.355. The average molecular weight is 287 g/mol. The van der Waals surface area contributed by atoms with Crippen LogP contribution in [0.15, 0.2) is 10.7 Å². The molecule has 0 amide bonds. The summed E-state index contributed by atoms with van der Waals surface area (Å²) in [7, 11) is 1.90. The topological polar surface area (TPSA) is 38.1 Å². The number of hydrogen-bond donors (Lipinski definition) is 1. The third-order valence-corrected chi connectivity index (χ3v) is 4.41. The van der Waals surface area contributed by atoms with E-state index in [0.717, 1.165) is 35.8 Å². The highest BCUT2D eigenvalue weighted by Crippen LogP contribution is 2.45. The summed E-state index contributed by atoms with van der Waals surface area (Å²) in [5.74, 6) is 0.355. The smallest absolute Gasteiger partial charge is 0.110 e. The van der Waals surface area contributed by atoms with E-state index in [1.165, 1.54) is 6.42 Å². The highest BCUT2D eigenvalue weighted by Gasteiger charge is 2.42. The lowest BCUT2D eigenvalue weighted by molar-refractivity contribution is -0.0625. The molecule has 2 unspecified atom stereocenters. The predicted molar refractivity (Wildman–Crippen MR) is 67.1 cm³/mol. The highest BCUT2D eigenvalue weighted by atomic mass is 79.9. The molecule has 3 nitrogen and oxygen atoms in total. The molecule has 0 saturated heterocycles. The summed E-state index contributed by atoms with van der Waals surface area (Å²) in [6, 6.07) is 0. The van der Waals surface area contributed by atoms with Crippen molar-refractivity contribution in [2.75, 3.05) is 0 Å². The van der Waals surface area contributed by atoms with Gasteiger partial charge in [0.05, 0.1) is 16.4 Å². The van der Waals surface area contributed by atoms with Crippen molar-refractivity contribution in [1.29, 1.82) is 0 Å². The summed E-state index contributed by atoms with van der Waals surface area (Å²) in [6.45, 7) is 2.16. The summed E-state index contributed by atoms with van der Waals surface area (Å²) in [6.07, 6.45) is 7.10. The first-order valence-electron chi connectivity index (χ1n) is 6.00. The van der Waals surface area contributed by atoms with Gasteiger partial charge in [0.25, 0.3) is 0 Å². The maximum atomic E-state index is 11.0. The van der Waals surface area contributed by atoms with Gasteiger partial charge in [-0.1, -0.05) is 26.2 Å². The van der Waals surface area contributed by atoms with E-state index in [1.54, 1.807) is 10.9 Å². The van der Waals surface area contributed by atoms with Crippen LogP contribution in [-0.4, -0.2) is 14.9 Å². The zero-order valence-corrected chi connectivity index (χ0v) is 11.5. The van der Waals surface area contributed by atoms with Crippen LogP contribution in [0.4, 0.5) is 0 Å². The second-order valence-corrected chi connectivity index (χ2v) is 5.59. The zero-order chi connectivity index (χ0) is 11.8. The Hall–Kier alpha value is -0.350. The average Bonchev–Trinajstić information content (AvgIpc) is 2.59. The van der Waals surface area contributed by atoms with E-state index in [0.29, 0.717) is 5.92 Å². The standard InChI is InChI=1S/C12H19BrN2O/c1-3-9-6-4-5-7-12(9,16)11-10(13)8-14-15(11)2/h8-9,16H,3-7H2,1-2H3. The van der Waals surface area contributed by atoms with Crippen LogP contribution in [0.1, 0.15) is 44.7 Å². The van der Waals surface area contributed by atoms with Crippen molar-refractivity contribution in [3.05, 3.63) is 16.4 Å². The van der Waals surface area contributed by atoms with E-state index in [4.69, 9.17) is 0 Å². The highest BCUT2D eigenvalue weighted by molar-refractivity contribution is 9.10. The van der Waals surface area contributed by atoms with E-state index in [-0.39, 0.29) is 0 Å². The van der Waals surface area contributed by atoms with Gasteiger partial charge in [-0.15, -0.1) is 0 Å². The van der Waals surface area contributed by atoms with E-state index in [1.807, 2.05) is 7.05 Å². The van der Waals surface area contributed by atoms with Crippen molar-refractivity contribution in [3.63, 3.8) is 0 Å². The summed E-state index contributed by atoms with van der Waals surface area (Å²) >= 11 is 3.50. The Morgan fingerprint density at radius 1 is 1.62 bits per heavy atom. The molecule has 1 heterocycles. The molecule has 1 aliphatic rings. The number of halogens is 1. The fourth-order valence-electron chi connectivity index (χ4n) is 2.98. The third-order valence-electron chi connectivity index (χ3n) is 3.83. The Labute approximate surface area is 105 Å². The van der Waals surface area contributed by atoms with Crippen LogP contribution in [0.25, 0.3) is 0 Å². The van der Waals surface area contributed by atoms with Gasteiger partial charge in [0.15, 0.2) is 0 Å². The maximum absolute atomic E-state index is 11.0. The molecule has 1 N–H and O–H groups in total. The van der Waals surface area contributed by atoms with Crippen LogP contribution in [-0.2, 0) is 12.6 Å². The molecular weight excluding hydrogens is 268 g/mol. The molecule has 2 atom stereocenters. The number of aromatic nitrogens is 2. The SMILES string of the molecule is CCC1CCCCC1(O)c1c(Br)cnn1C. The predicted octanol–water partition coefficient (Wildman–Crippen LogP) is 2.97. The molecule has 16 heavy (non-hydrogen) atoms. The Kier molecular flexibility index (Phi) is 3.40. The summed E-state index contributed by atoms with van der Waals surface area (Å²) in [5.41, 5.74) is 0.246. The Bertz CT molecular complexity index is 358. The Morgan fingerprint density at radius 2 is 2.38 bits per heavy atom. The number of hydrogen-bond acceptors (Lipinski definition) is 2. The molecule has 1 saturated carbocycles. The molecule has 1 aliphatic carbocycles. The molecule has 4 heteroatoms. The number of nitrogens with zero attached hydrogens (tertiary/aromatic N) is 2. The molecule has 0 aromatic carbocycles. The first-order valence-corrected chi connectivity index (χ1v) is 6.79. The van der Waals surface area contributed by atoms with E-state index in [2.05, 4.69) is 28.0 Å². The lowest BCUT2D eigenvalue weighted by Crippen LogP contribution is -2.39. The van der Waals surface area contributed by atoms with Gasteiger partial charge in [0.1, 0.15) is 5.60 Å². The Morgan fingerprint density at radius 3 is 2.94 bits per heavy atom. The Balaban J connectivity index is 2.42. The third kappa shape index (κ3) is 1.82. The van der Waals surface area contributed by atoms with Crippen LogP contribution in [0.5, 0.6) is 0 Å². The molecule has 0 aliphatic heterocycles. The molecule has 1 fully saturated rings. The van der Waals surface area contributed by atoms with Crippen molar-refractivity contribution >= 4 is 15.9 Å². The fraction of sp³-hybridized carbons (Fsp3) is 0.750. The van der Waals surface area contributed by atoms with Crippen molar-refractivity contribution in [2.45, 2.75) is 44.6 Å². The van der Waals surface area contributed by atoms with Crippen molar-refractivity contribution in [1.82, 2.24) is 9.78 Å². The second kappa shape index (κ2) is 4.49. The molecule has 1 aromatic heterocycles. The van der Waals surface area contributed by atoms with Gasteiger partial charge < -0.3 is 5.11 Å². The van der Waals surface area contributed by atoms with Crippen molar-refractivity contribution in [3.8, 4) is 0 Å². The lowest BCUT2D eigenvalue weighted by Gasteiger charge is -2.40. The number of aryl methyl sites for hydroxylation is 1. The first-order chi connectivity index (χ1) is 7.59. The van der Waals surface area contributed by atoms with Crippen LogP contribution in [0.2, 0.25) is 0 Å². The molecule has 0 radical (unpaired) electrons. The summed E-state index contributed by atoms with van der Waals surface area (Å²) in [4.78, 5) is 0. The van der Waals surface area contributed by atoms with Crippen LogP contribution >= 0.6 is 15.9 Å². The molecule has 2 rings (SSSR count). The molecule has 0 bridgehead atoms. The van der Waals surface area contributed by atoms with Gasteiger partial charge >= 0.3 is 0 Å². The van der Waals surface area contributed by atoms with Gasteiger partial charge in [-0.25, -0.2) is 0 Å². The van der Waals surface area contributed by atoms with Crippen LogP contribution in [0, 0.1) is 5.92 Å². The second-order valence-electron chi connectivity index (χ2n) is 4.74. The molecule has 1 aromatic rings. The van der Waals surface area contributed by atoms with E-state index in [9.17, 15) is 5.11 Å². The zero-order valence-electron chi connectivity index (χ0n) is 9.91. The summed E-state index contributed by atoms with van der Waals surface area (Å²) in [5, 5.41) is 15.2. The molecular formula is C12H19BrN2O.